The molecule has 0 unspecified atom stereocenters. The fourth-order valence-corrected chi connectivity index (χ4v) is 2.42. The van der Waals surface area contributed by atoms with Gasteiger partial charge >= 0.3 is 5.97 Å². The zero-order chi connectivity index (χ0) is 13.8. The van der Waals surface area contributed by atoms with Crippen molar-refractivity contribution in [2.75, 3.05) is 6.54 Å². The number of carboxylic acid groups (broad SMARTS) is 1. The highest BCUT2D eigenvalue weighted by Gasteiger charge is 2.14. The normalized spacial score (nSPS) is 10.4. The van der Waals surface area contributed by atoms with E-state index < -0.39 is 5.97 Å². The summed E-state index contributed by atoms with van der Waals surface area (Å²) in [5.41, 5.74) is 0.968. The van der Waals surface area contributed by atoms with Crippen molar-refractivity contribution in [3.05, 3.63) is 33.5 Å². The van der Waals surface area contributed by atoms with E-state index in [2.05, 4.69) is 20.5 Å². The van der Waals surface area contributed by atoms with E-state index in [1.807, 2.05) is 0 Å². The number of hydrogen-bond donors (Lipinski definition) is 3. The first kappa shape index (κ1) is 13.2. The topological polar surface area (TPSA) is 108 Å². The number of aryl methyl sites for hydroxylation is 1. The summed E-state index contributed by atoms with van der Waals surface area (Å²) in [4.78, 5) is 26.9. The molecule has 2 heterocycles. The van der Waals surface area contributed by atoms with E-state index in [1.54, 1.807) is 6.92 Å². The number of hydrogen-bond acceptors (Lipinski definition) is 5. The van der Waals surface area contributed by atoms with Crippen molar-refractivity contribution >= 4 is 23.2 Å². The van der Waals surface area contributed by atoms with Gasteiger partial charge in [0, 0.05) is 19.2 Å². The first-order valence-corrected chi connectivity index (χ1v) is 6.36. The quantitative estimate of drug-likeness (QED) is 0.752. The third-order valence-corrected chi connectivity index (χ3v) is 3.63. The Morgan fingerprint density at radius 1 is 1.53 bits per heavy atom. The minimum Gasteiger partial charge on any atom is -0.477 e. The van der Waals surface area contributed by atoms with Crippen LogP contribution < -0.4 is 5.32 Å². The molecule has 0 atom stereocenters. The lowest BCUT2D eigenvalue weighted by Gasteiger charge is -2.00. The number of aromatic amines is 1. The van der Waals surface area contributed by atoms with Crippen LogP contribution in [0.4, 0.5) is 0 Å². The van der Waals surface area contributed by atoms with Gasteiger partial charge in [-0.25, -0.2) is 9.78 Å². The molecule has 19 heavy (non-hydrogen) atoms. The summed E-state index contributed by atoms with van der Waals surface area (Å²) in [5.74, 6) is -1.19. The summed E-state index contributed by atoms with van der Waals surface area (Å²) in [5, 5.41) is 18.6. The number of nitrogens with zero attached hydrogens (tertiary/aromatic N) is 2. The molecule has 2 aromatic heterocycles. The van der Waals surface area contributed by atoms with Crippen LogP contribution in [0.25, 0.3) is 0 Å². The molecular weight excluding hydrogens is 268 g/mol. The third-order valence-electron chi connectivity index (χ3n) is 2.42. The maximum atomic E-state index is 11.6. The third kappa shape index (κ3) is 3.16. The van der Waals surface area contributed by atoms with Crippen LogP contribution in [0.2, 0.25) is 0 Å². The zero-order valence-corrected chi connectivity index (χ0v) is 11.0. The summed E-state index contributed by atoms with van der Waals surface area (Å²) in [6.45, 7) is 2.06. The van der Waals surface area contributed by atoms with Crippen LogP contribution in [0, 0.1) is 6.92 Å². The van der Waals surface area contributed by atoms with Crippen LogP contribution in [-0.4, -0.2) is 38.7 Å². The van der Waals surface area contributed by atoms with Gasteiger partial charge in [-0.1, -0.05) is 0 Å². The summed E-state index contributed by atoms with van der Waals surface area (Å²) in [7, 11) is 0. The Balaban J connectivity index is 1.88. The van der Waals surface area contributed by atoms with Gasteiger partial charge in [0.15, 0.2) is 0 Å². The maximum absolute atomic E-state index is 11.6. The Labute approximate surface area is 112 Å². The molecule has 7 nitrogen and oxygen atoms in total. The molecule has 2 aromatic rings. The van der Waals surface area contributed by atoms with E-state index in [0.717, 1.165) is 11.3 Å². The van der Waals surface area contributed by atoms with Gasteiger partial charge in [0.1, 0.15) is 4.88 Å². The van der Waals surface area contributed by atoms with Crippen LogP contribution >= 0.6 is 11.3 Å². The van der Waals surface area contributed by atoms with E-state index in [9.17, 15) is 9.59 Å². The van der Waals surface area contributed by atoms with Crippen molar-refractivity contribution in [3.63, 3.8) is 0 Å². The first-order chi connectivity index (χ1) is 9.08. The number of rotatable bonds is 5. The van der Waals surface area contributed by atoms with Crippen LogP contribution in [0.15, 0.2) is 12.4 Å². The minimum atomic E-state index is -0.969. The van der Waals surface area contributed by atoms with Crippen LogP contribution in [0.5, 0.6) is 0 Å². The molecule has 8 heteroatoms. The van der Waals surface area contributed by atoms with Crippen molar-refractivity contribution in [1.82, 2.24) is 20.5 Å². The molecule has 0 radical (unpaired) electrons. The Morgan fingerprint density at radius 3 is 2.89 bits per heavy atom. The molecule has 1 amide bonds. The average Bonchev–Trinajstić information content (AvgIpc) is 2.98. The highest BCUT2D eigenvalue weighted by atomic mass is 32.1. The van der Waals surface area contributed by atoms with E-state index in [4.69, 9.17) is 5.11 Å². The number of carbonyl (C=O) groups is 2. The van der Waals surface area contributed by atoms with Crippen LogP contribution in [0.1, 0.15) is 30.7 Å². The Bertz CT molecular complexity index is 591. The molecule has 0 aliphatic carbocycles. The summed E-state index contributed by atoms with van der Waals surface area (Å²) >= 11 is 1.14. The van der Waals surface area contributed by atoms with Gasteiger partial charge in [-0.2, -0.15) is 5.10 Å². The van der Waals surface area contributed by atoms with Crippen LogP contribution in [0.3, 0.4) is 0 Å². The molecular formula is C11H12N4O3S. The molecule has 2 rings (SSSR count). The van der Waals surface area contributed by atoms with Gasteiger partial charge in [-0.05, 0) is 6.92 Å². The molecule has 0 aliphatic heterocycles. The number of carbonyl (C=O) groups excluding carboxylic acids is 1. The molecule has 0 spiro atoms. The summed E-state index contributed by atoms with van der Waals surface area (Å²) in [6.07, 6.45) is 3.44. The number of H-pyrrole nitrogens is 1. The Kier molecular flexibility index (Phi) is 3.91. The van der Waals surface area contributed by atoms with E-state index in [0.29, 0.717) is 29.2 Å². The Morgan fingerprint density at radius 2 is 2.32 bits per heavy atom. The van der Waals surface area contributed by atoms with Gasteiger partial charge in [0.05, 0.1) is 22.5 Å². The van der Waals surface area contributed by atoms with Gasteiger partial charge in [0.2, 0.25) is 0 Å². The SMILES string of the molecule is Cc1nc(CCNC(=O)c2cn[nH]c2)sc1C(=O)O. The molecule has 100 valence electrons. The number of amides is 1. The molecule has 0 saturated heterocycles. The highest BCUT2D eigenvalue weighted by molar-refractivity contribution is 7.13. The van der Waals surface area contributed by atoms with Gasteiger partial charge in [0.25, 0.3) is 5.91 Å². The first-order valence-electron chi connectivity index (χ1n) is 5.54. The fourth-order valence-electron chi connectivity index (χ4n) is 1.52. The van der Waals surface area contributed by atoms with E-state index in [-0.39, 0.29) is 10.8 Å². The zero-order valence-electron chi connectivity index (χ0n) is 10.1. The monoisotopic (exact) mass is 280 g/mol. The van der Waals surface area contributed by atoms with Crippen LogP contribution in [-0.2, 0) is 6.42 Å². The van der Waals surface area contributed by atoms with Gasteiger partial charge in [-0.3, -0.25) is 9.89 Å². The minimum absolute atomic E-state index is 0.222. The molecule has 0 aliphatic rings. The number of aromatic nitrogens is 3. The molecule has 0 bridgehead atoms. The number of thiazole rings is 1. The summed E-state index contributed by atoms with van der Waals surface area (Å²) in [6, 6.07) is 0. The van der Waals surface area contributed by atoms with E-state index in [1.165, 1.54) is 12.4 Å². The second-order valence-electron chi connectivity index (χ2n) is 3.82. The molecule has 0 aromatic carbocycles. The fraction of sp³-hybridized carbons (Fsp3) is 0.273. The lowest BCUT2D eigenvalue weighted by Crippen LogP contribution is -2.25. The smallest absolute Gasteiger partial charge is 0.347 e. The highest BCUT2D eigenvalue weighted by Crippen LogP contribution is 2.18. The predicted molar refractivity (Wildman–Crippen MR) is 68.4 cm³/mol. The standard InChI is InChI=1S/C11H12N4O3S/c1-6-9(11(17)18)19-8(15-6)2-3-12-10(16)7-4-13-14-5-7/h4-5H,2-3H2,1H3,(H,12,16)(H,13,14)(H,17,18). The Hall–Kier alpha value is -2.22. The van der Waals surface area contributed by atoms with E-state index >= 15 is 0 Å². The maximum Gasteiger partial charge on any atom is 0.347 e. The number of carboxylic acids is 1. The second kappa shape index (κ2) is 5.61. The number of aromatic carboxylic acids is 1. The second-order valence-corrected chi connectivity index (χ2v) is 4.90. The van der Waals surface area contributed by atoms with Crippen molar-refractivity contribution in [3.8, 4) is 0 Å². The molecule has 0 fully saturated rings. The van der Waals surface area contributed by atoms with Crippen molar-refractivity contribution in [2.24, 2.45) is 0 Å². The predicted octanol–water partition coefficient (Wildman–Crippen LogP) is 0.845. The molecule has 0 saturated carbocycles. The lowest BCUT2D eigenvalue weighted by atomic mass is 10.3. The van der Waals surface area contributed by atoms with Crippen molar-refractivity contribution in [1.29, 1.82) is 0 Å². The van der Waals surface area contributed by atoms with Crippen molar-refractivity contribution < 1.29 is 14.7 Å². The lowest BCUT2D eigenvalue weighted by molar-refractivity contribution is 0.0701. The van der Waals surface area contributed by atoms with Gasteiger partial charge in [-0.15, -0.1) is 11.3 Å². The average molecular weight is 280 g/mol. The number of nitrogens with one attached hydrogen (secondary N) is 2. The van der Waals surface area contributed by atoms with Crippen molar-refractivity contribution in [2.45, 2.75) is 13.3 Å². The summed E-state index contributed by atoms with van der Waals surface area (Å²) < 4.78 is 0. The largest absolute Gasteiger partial charge is 0.477 e. The van der Waals surface area contributed by atoms with Gasteiger partial charge < -0.3 is 10.4 Å². The molecule has 3 N–H and O–H groups in total.